The van der Waals surface area contributed by atoms with Crippen molar-refractivity contribution in [2.24, 2.45) is 7.05 Å². The highest BCUT2D eigenvalue weighted by Gasteiger charge is 2.23. The van der Waals surface area contributed by atoms with Crippen LogP contribution < -0.4 is 22.3 Å². The van der Waals surface area contributed by atoms with Gasteiger partial charge in [-0.05, 0) is 17.7 Å². The lowest BCUT2D eigenvalue weighted by atomic mass is 10.2. The molecule has 1 aromatic heterocycles. The lowest BCUT2D eigenvalue weighted by Crippen LogP contribution is -2.43. The molecule has 1 amide bonds. The number of nitrogens with two attached hydrogens (primary N) is 1. The zero-order valence-corrected chi connectivity index (χ0v) is 17.8. The molecule has 0 fully saturated rings. The second-order valence-electron chi connectivity index (χ2n) is 7.11. The van der Waals surface area contributed by atoms with E-state index in [4.69, 9.17) is 10.5 Å². The molecule has 0 saturated carbocycles. The van der Waals surface area contributed by atoms with Gasteiger partial charge in [-0.2, -0.15) is 0 Å². The van der Waals surface area contributed by atoms with Crippen LogP contribution >= 0.6 is 0 Å². The monoisotopic (exact) mass is 450 g/mol. The van der Waals surface area contributed by atoms with Gasteiger partial charge in [0.15, 0.2) is 6.61 Å². The summed E-state index contributed by atoms with van der Waals surface area (Å²) in [7, 11) is 1.23. The van der Waals surface area contributed by atoms with E-state index >= 15 is 0 Å². The van der Waals surface area contributed by atoms with Gasteiger partial charge < -0.3 is 15.8 Å². The summed E-state index contributed by atoms with van der Waals surface area (Å²) < 4.78 is 6.76. The molecule has 0 unspecified atom stereocenters. The molecule has 1 heterocycles. The number of benzene rings is 2. The summed E-state index contributed by atoms with van der Waals surface area (Å²) in [5, 5.41) is 2.38. The number of carbonyl (C=O) groups excluding carboxylic acids is 3. The molecule has 3 aromatic rings. The lowest BCUT2D eigenvalue weighted by molar-refractivity contribution is -0.141. The van der Waals surface area contributed by atoms with Gasteiger partial charge in [-0.1, -0.05) is 48.5 Å². The number of anilines is 1. The van der Waals surface area contributed by atoms with Gasteiger partial charge in [0.2, 0.25) is 5.78 Å². The van der Waals surface area contributed by atoms with Crippen molar-refractivity contribution in [3.05, 3.63) is 98.2 Å². The fraction of sp³-hybridized carbons (Fsp3) is 0.174. The standard InChI is InChI=1S/C23H22N4O6/c1-26-22(31)19(20(24)27(23(26)32)13-15-8-4-2-5-9-15)17(28)14-33-18(29)12-25-21(30)16-10-6-3-7-11-16/h2-11H,12-14,24H2,1H3,(H,25,30). The molecule has 2 aromatic carbocycles. The van der Waals surface area contributed by atoms with Crippen LogP contribution in [0.4, 0.5) is 5.82 Å². The number of carbonyl (C=O) groups is 3. The third kappa shape index (κ3) is 5.42. The zero-order chi connectivity index (χ0) is 24.0. The first kappa shape index (κ1) is 23.2. The Labute approximate surface area is 188 Å². The Morgan fingerprint density at radius 2 is 1.58 bits per heavy atom. The summed E-state index contributed by atoms with van der Waals surface area (Å²) in [6.07, 6.45) is 0. The van der Waals surface area contributed by atoms with E-state index < -0.39 is 47.6 Å². The van der Waals surface area contributed by atoms with Gasteiger partial charge in [-0.15, -0.1) is 0 Å². The summed E-state index contributed by atoms with van der Waals surface area (Å²) in [4.78, 5) is 61.6. The lowest BCUT2D eigenvalue weighted by Gasteiger charge is -2.14. The maximum atomic E-state index is 12.6. The maximum absolute atomic E-state index is 12.6. The van der Waals surface area contributed by atoms with Crippen molar-refractivity contribution < 1.29 is 19.1 Å². The first-order valence-corrected chi connectivity index (χ1v) is 9.95. The van der Waals surface area contributed by atoms with Gasteiger partial charge in [0.05, 0.1) is 6.54 Å². The molecule has 33 heavy (non-hydrogen) atoms. The Balaban J connectivity index is 1.70. The maximum Gasteiger partial charge on any atom is 0.332 e. The van der Waals surface area contributed by atoms with Crippen LogP contribution in [0.3, 0.4) is 0 Å². The van der Waals surface area contributed by atoms with Crippen molar-refractivity contribution in [3.8, 4) is 0 Å². The van der Waals surface area contributed by atoms with E-state index in [1.807, 2.05) is 6.07 Å². The number of esters is 1. The quantitative estimate of drug-likeness (QED) is 0.372. The number of hydrogen-bond acceptors (Lipinski definition) is 7. The number of ether oxygens (including phenoxy) is 1. The minimum Gasteiger partial charge on any atom is -0.456 e. The molecule has 0 aliphatic rings. The second kappa shape index (κ2) is 10.2. The third-order valence-corrected chi connectivity index (χ3v) is 4.84. The van der Waals surface area contributed by atoms with Crippen molar-refractivity contribution in [2.45, 2.75) is 6.54 Å². The Bertz CT molecular complexity index is 1300. The molecule has 0 aliphatic carbocycles. The van der Waals surface area contributed by atoms with Crippen molar-refractivity contribution in [1.82, 2.24) is 14.5 Å². The molecule has 0 radical (unpaired) electrons. The predicted octanol–water partition coefficient (Wildman–Crippen LogP) is 0.333. The van der Waals surface area contributed by atoms with Crippen molar-refractivity contribution in [1.29, 1.82) is 0 Å². The minimum atomic E-state index is -0.889. The van der Waals surface area contributed by atoms with E-state index in [9.17, 15) is 24.0 Å². The van der Waals surface area contributed by atoms with Crippen LogP contribution in [0.2, 0.25) is 0 Å². The molecular weight excluding hydrogens is 428 g/mol. The normalized spacial score (nSPS) is 10.5. The van der Waals surface area contributed by atoms with E-state index in [0.717, 1.165) is 14.7 Å². The fourth-order valence-electron chi connectivity index (χ4n) is 3.08. The molecule has 3 rings (SSSR count). The summed E-state index contributed by atoms with van der Waals surface area (Å²) in [6.45, 7) is -1.20. The molecule has 0 bridgehead atoms. The molecule has 170 valence electrons. The molecule has 10 heteroatoms. The number of nitrogens with zero attached hydrogens (tertiary/aromatic N) is 2. The molecule has 0 spiro atoms. The van der Waals surface area contributed by atoms with Crippen LogP contribution in [-0.4, -0.2) is 39.9 Å². The molecule has 3 N–H and O–H groups in total. The number of nitrogen functional groups attached to an aromatic ring is 1. The van der Waals surface area contributed by atoms with Gasteiger partial charge in [-0.3, -0.25) is 28.3 Å². The van der Waals surface area contributed by atoms with Crippen LogP contribution in [0, 0.1) is 0 Å². The summed E-state index contributed by atoms with van der Waals surface area (Å²) in [5.74, 6) is -2.53. The highest BCUT2D eigenvalue weighted by Crippen LogP contribution is 2.09. The Kier molecular flexibility index (Phi) is 7.19. The number of rotatable bonds is 8. The molecule has 0 atom stereocenters. The first-order chi connectivity index (χ1) is 15.8. The van der Waals surface area contributed by atoms with Gasteiger partial charge >= 0.3 is 11.7 Å². The number of Topliss-reactive ketones (excluding diaryl/α,β-unsaturated/α-hetero) is 1. The van der Waals surface area contributed by atoms with Gasteiger partial charge in [0.25, 0.3) is 11.5 Å². The SMILES string of the molecule is Cn1c(=O)c(C(=O)COC(=O)CNC(=O)c2ccccc2)c(N)n(Cc2ccccc2)c1=O. The van der Waals surface area contributed by atoms with Crippen LogP contribution in [0.1, 0.15) is 26.3 Å². The molecular formula is C23H22N4O6. The van der Waals surface area contributed by atoms with Crippen molar-refractivity contribution >= 4 is 23.5 Å². The fourth-order valence-corrected chi connectivity index (χ4v) is 3.08. The molecule has 0 saturated heterocycles. The number of ketones is 1. The van der Waals surface area contributed by atoms with Crippen LogP contribution in [0.5, 0.6) is 0 Å². The highest BCUT2D eigenvalue weighted by molar-refractivity contribution is 6.01. The number of nitrogens with one attached hydrogen (secondary N) is 1. The van der Waals surface area contributed by atoms with Gasteiger partial charge in [-0.25, -0.2) is 4.79 Å². The van der Waals surface area contributed by atoms with Gasteiger partial charge in [0, 0.05) is 12.6 Å². The van der Waals surface area contributed by atoms with E-state index in [1.165, 1.54) is 7.05 Å². The van der Waals surface area contributed by atoms with Crippen molar-refractivity contribution in [2.75, 3.05) is 18.9 Å². The summed E-state index contributed by atoms with van der Waals surface area (Å²) in [6, 6.07) is 17.1. The molecule has 10 nitrogen and oxygen atoms in total. The number of amides is 1. The average molecular weight is 450 g/mol. The largest absolute Gasteiger partial charge is 0.456 e. The van der Waals surface area contributed by atoms with E-state index in [1.54, 1.807) is 54.6 Å². The number of aromatic nitrogens is 2. The Hall–Kier alpha value is -4.47. The van der Waals surface area contributed by atoms with Crippen LogP contribution in [-0.2, 0) is 23.1 Å². The second-order valence-corrected chi connectivity index (χ2v) is 7.11. The third-order valence-electron chi connectivity index (χ3n) is 4.84. The van der Waals surface area contributed by atoms with E-state index in [-0.39, 0.29) is 12.4 Å². The molecule has 0 aliphatic heterocycles. The summed E-state index contributed by atoms with van der Waals surface area (Å²) >= 11 is 0. The first-order valence-electron chi connectivity index (χ1n) is 9.95. The van der Waals surface area contributed by atoms with Gasteiger partial charge in [0.1, 0.15) is 17.9 Å². The Morgan fingerprint density at radius 1 is 0.970 bits per heavy atom. The predicted molar refractivity (Wildman–Crippen MR) is 120 cm³/mol. The smallest absolute Gasteiger partial charge is 0.332 e. The summed E-state index contributed by atoms with van der Waals surface area (Å²) in [5.41, 5.74) is 5.08. The Morgan fingerprint density at radius 3 is 2.21 bits per heavy atom. The number of hydrogen-bond donors (Lipinski definition) is 2. The van der Waals surface area contributed by atoms with Crippen LogP contribution in [0.25, 0.3) is 0 Å². The van der Waals surface area contributed by atoms with E-state index in [0.29, 0.717) is 5.56 Å². The average Bonchev–Trinajstić information content (AvgIpc) is 2.84. The van der Waals surface area contributed by atoms with Crippen molar-refractivity contribution in [3.63, 3.8) is 0 Å². The highest BCUT2D eigenvalue weighted by atomic mass is 16.5. The minimum absolute atomic E-state index is 0.0468. The van der Waals surface area contributed by atoms with Crippen LogP contribution in [0.15, 0.2) is 70.3 Å². The zero-order valence-electron chi connectivity index (χ0n) is 17.8. The van der Waals surface area contributed by atoms with E-state index in [2.05, 4.69) is 5.32 Å². The topological polar surface area (TPSA) is 142 Å².